The number of fused-ring (bicyclic) bond motifs is 1. The first-order chi connectivity index (χ1) is 12.5. The van der Waals surface area contributed by atoms with Crippen LogP contribution in [0.3, 0.4) is 0 Å². The molecule has 0 aliphatic heterocycles. The van der Waals surface area contributed by atoms with E-state index in [2.05, 4.69) is 10.1 Å². The lowest BCUT2D eigenvalue weighted by molar-refractivity contribution is 0.628. The molecule has 130 valence electrons. The summed E-state index contributed by atoms with van der Waals surface area (Å²) in [5, 5.41) is 4.27. The van der Waals surface area contributed by atoms with Crippen molar-refractivity contribution in [3.8, 4) is 11.4 Å². The van der Waals surface area contributed by atoms with Crippen molar-refractivity contribution in [2.24, 2.45) is 0 Å². The van der Waals surface area contributed by atoms with Crippen LogP contribution in [0.15, 0.2) is 53.3 Å². The maximum absolute atomic E-state index is 13.0. The molecule has 0 bridgehead atoms. The fourth-order valence-corrected chi connectivity index (χ4v) is 3.48. The van der Waals surface area contributed by atoms with Gasteiger partial charge in [0.2, 0.25) is 4.96 Å². The summed E-state index contributed by atoms with van der Waals surface area (Å²) in [6.07, 6.45) is 1.83. The zero-order valence-electron chi connectivity index (χ0n) is 14.2. The van der Waals surface area contributed by atoms with E-state index in [1.54, 1.807) is 12.1 Å². The Bertz CT molecular complexity index is 1180. The summed E-state index contributed by atoms with van der Waals surface area (Å²) in [6.45, 7) is 0. The van der Waals surface area contributed by atoms with Gasteiger partial charge in [0.05, 0.1) is 4.53 Å². The van der Waals surface area contributed by atoms with E-state index < -0.39 is 0 Å². The second-order valence-electron chi connectivity index (χ2n) is 6.04. The van der Waals surface area contributed by atoms with Crippen molar-refractivity contribution in [3.05, 3.63) is 74.8 Å². The quantitative estimate of drug-likeness (QED) is 0.559. The molecule has 2 aromatic carbocycles. The van der Waals surface area contributed by atoms with Crippen LogP contribution < -0.4 is 15.0 Å². The Balaban J connectivity index is 1.73. The molecule has 0 spiro atoms. The van der Waals surface area contributed by atoms with E-state index in [1.165, 1.54) is 28.0 Å². The fourth-order valence-electron chi connectivity index (χ4n) is 2.58. The van der Waals surface area contributed by atoms with Crippen molar-refractivity contribution < 1.29 is 4.39 Å². The first kappa shape index (κ1) is 16.4. The van der Waals surface area contributed by atoms with Crippen LogP contribution in [0, 0.1) is 5.82 Å². The second-order valence-corrected chi connectivity index (χ2v) is 7.05. The van der Waals surface area contributed by atoms with E-state index in [-0.39, 0.29) is 11.4 Å². The molecule has 0 atom stereocenters. The topological polar surface area (TPSA) is 50.5 Å². The number of thiazole rings is 1. The van der Waals surface area contributed by atoms with Crippen LogP contribution in [0.5, 0.6) is 0 Å². The smallest absolute Gasteiger partial charge is 0.291 e. The molecule has 2 heterocycles. The molecule has 0 saturated carbocycles. The van der Waals surface area contributed by atoms with Crippen molar-refractivity contribution in [1.82, 2.24) is 14.6 Å². The van der Waals surface area contributed by atoms with Crippen LogP contribution in [0.4, 0.5) is 10.1 Å². The molecule has 0 aliphatic carbocycles. The van der Waals surface area contributed by atoms with Crippen molar-refractivity contribution in [2.45, 2.75) is 0 Å². The molecule has 26 heavy (non-hydrogen) atoms. The Labute approximate surface area is 152 Å². The molecule has 4 rings (SSSR count). The lowest BCUT2D eigenvalue weighted by atomic mass is 10.2. The summed E-state index contributed by atoms with van der Waals surface area (Å²) in [6, 6.07) is 13.8. The van der Waals surface area contributed by atoms with Crippen LogP contribution in [-0.2, 0) is 0 Å². The van der Waals surface area contributed by atoms with Gasteiger partial charge in [-0.05, 0) is 48.0 Å². The number of halogens is 1. The summed E-state index contributed by atoms with van der Waals surface area (Å²) >= 11 is 1.28. The molecule has 0 N–H and O–H groups in total. The zero-order valence-corrected chi connectivity index (χ0v) is 15.0. The lowest BCUT2D eigenvalue weighted by Gasteiger charge is -2.11. The number of rotatable bonds is 3. The Morgan fingerprint density at radius 1 is 1.08 bits per heavy atom. The van der Waals surface area contributed by atoms with Crippen molar-refractivity contribution in [2.75, 3.05) is 19.0 Å². The summed E-state index contributed by atoms with van der Waals surface area (Å²) < 4.78 is 14.9. The third-order valence-electron chi connectivity index (χ3n) is 3.99. The van der Waals surface area contributed by atoms with Gasteiger partial charge in [0, 0.05) is 25.3 Å². The van der Waals surface area contributed by atoms with Gasteiger partial charge in [-0.2, -0.15) is 9.50 Å². The molecule has 0 unspecified atom stereocenters. The molecule has 0 aliphatic rings. The Morgan fingerprint density at radius 3 is 2.38 bits per heavy atom. The lowest BCUT2D eigenvalue weighted by Crippen LogP contribution is -2.23. The Morgan fingerprint density at radius 2 is 1.77 bits per heavy atom. The molecule has 0 fully saturated rings. The summed E-state index contributed by atoms with van der Waals surface area (Å²) in [5.74, 6) is 0.0895. The van der Waals surface area contributed by atoms with Crippen LogP contribution in [0.25, 0.3) is 22.4 Å². The zero-order chi connectivity index (χ0) is 18.3. The van der Waals surface area contributed by atoms with Gasteiger partial charge in [0.15, 0.2) is 5.82 Å². The van der Waals surface area contributed by atoms with E-state index in [9.17, 15) is 9.18 Å². The number of hydrogen-bond donors (Lipinski definition) is 0. The highest BCUT2D eigenvalue weighted by molar-refractivity contribution is 7.15. The summed E-state index contributed by atoms with van der Waals surface area (Å²) in [4.78, 5) is 19.5. The minimum atomic E-state index is -0.323. The molecular formula is C19H15FN4OS. The largest absolute Gasteiger partial charge is 0.378 e. The maximum Gasteiger partial charge on any atom is 0.291 e. The van der Waals surface area contributed by atoms with Crippen LogP contribution in [0.2, 0.25) is 0 Å². The van der Waals surface area contributed by atoms with E-state index in [1.807, 2.05) is 49.3 Å². The molecule has 0 radical (unpaired) electrons. The van der Waals surface area contributed by atoms with Gasteiger partial charge < -0.3 is 4.90 Å². The van der Waals surface area contributed by atoms with Crippen LogP contribution in [-0.4, -0.2) is 28.7 Å². The number of benzene rings is 2. The SMILES string of the molecule is CN(C)c1ccc(/C=c2/sc3nc(-c4ccc(F)cc4)nn3c2=O)cc1. The number of hydrogen-bond acceptors (Lipinski definition) is 5. The number of anilines is 1. The number of nitrogens with zero attached hydrogens (tertiary/aromatic N) is 4. The first-order valence-corrected chi connectivity index (χ1v) is 8.77. The molecule has 7 heteroatoms. The van der Waals surface area contributed by atoms with Gasteiger partial charge in [-0.15, -0.1) is 5.10 Å². The minimum Gasteiger partial charge on any atom is -0.378 e. The third-order valence-corrected chi connectivity index (χ3v) is 4.95. The van der Waals surface area contributed by atoms with Gasteiger partial charge in [-0.3, -0.25) is 4.79 Å². The van der Waals surface area contributed by atoms with E-state index in [4.69, 9.17) is 0 Å². The molecule has 2 aromatic heterocycles. The van der Waals surface area contributed by atoms with Gasteiger partial charge in [-0.25, -0.2) is 4.39 Å². The van der Waals surface area contributed by atoms with E-state index >= 15 is 0 Å². The first-order valence-electron chi connectivity index (χ1n) is 7.96. The summed E-state index contributed by atoms with van der Waals surface area (Å²) in [7, 11) is 3.96. The van der Waals surface area contributed by atoms with E-state index in [0.29, 0.717) is 20.9 Å². The Hall–Kier alpha value is -3.06. The van der Waals surface area contributed by atoms with Crippen LogP contribution >= 0.6 is 11.3 Å². The molecule has 5 nitrogen and oxygen atoms in total. The van der Waals surface area contributed by atoms with Gasteiger partial charge in [0.1, 0.15) is 5.82 Å². The molecule has 0 saturated heterocycles. The van der Waals surface area contributed by atoms with Crippen molar-refractivity contribution in [1.29, 1.82) is 0 Å². The highest BCUT2D eigenvalue weighted by atomic mass is 32.1. The third kappa shape index (κ3) is 2.97. The standard InChI is InChI=1S/C19H15FN4OS/c1-23(2)15-9-3-12(4-10-15)11-16-18(25)24-19(26-16)21-17(22-24)13-5-7-14(20)8-6-13/h3-11H,1-2H3/b16-11+. The highest BCUT2D eigenvalue weighted by Crippen LogP contribution is 2.17. The van der Waals surface area contributed by atoms with Crippen molar-refractivity contribution in [3.63, 3.8) is 0 Å². The monoisotopic (exact) mass is 366 g/mol. The molecule has 4 aromatic rings. The van der Waals surface area contributed by atoms with Gasteiger partial charge in [0.25, 0.3) is 5.56 Å². The second kappa shape index (κ2) is 6.34. The van der Waals surface area contributed by atoms with Crippen molar-refractivity contribution >= 4 is 28.1 Å². The van der Waals surface area contributed by atoms with Crippen LogP contribution in [0.1, 0.15) is 5.56 Å². The van der Waals surface area contributed by atoms with E-state index in [0.717, 1.165) is 11.3 Å². The minimum absolute atomic E-state index is 0.206. The van der Waals surface area contributed by atoms with Gasteiger partial charge >= 0.3 is 0 Å². The maximum atomic E-state index is 13.0. The molecule has 0 amide bonds. The number of aromatic nitrogens is 3. The Kier molecular flexibility index (Phi) is 4.00. The average molecular weight is 366 g/mol. The summed E-state index contributed by atoms with van der Waals surface area (Å²) in [5.41, 5.74) is 2.50. The predicted octanol–water partition coefficient (Wildman–Crippen LogP) is 2.57. The average Bonchev–Trinajstić information content (AvgIpc) is 3.16. The fraction of sp³-hybridized carbons (Fsp3) is 0.105. The molecular weight excluding hydrogens is 351 g/mol. The predicted molar refractivity (Wildman–Crippen MR) is 102 cm³/mol. The van der Waals surface area contributed by atoms with Gasteiger partial charge in [-0.1, -0.05) is 23.5 Å². The normalized spacial score (nSPS) is 12.0. The highest BCUT2D eigenvalue weighted by Gasteiger charge is 2.12.